The molecule has 16 heavy (non-hydrogen) atoms. The Kier molecular flexibility index (Phi) is 3.49. The van der Waals surface area contributed by atoms with Crippen molar-refractivity contribution >= 4 is 38.5 Å². The number of aliphatic imine (C=N–C) groups is 1. The van der Waals surface area contributed by atoms with Crippen LogP contribution in [0.25, 0.3) is 0 Å². The third kappa shape index (κ3) is 2.55. The molecule has 0 aliphatic carbocycles. The normalized spacial score (nSPS) is 19.8. The fraction of sp³-hybridized carbons (Fsp3) is 0.300. The molecule has 0 spiro atoms. The molecule has 0 bridgehead atoms. The lowest BCUT2D eigenvalue weighted by atomic mass is 10.3. The Bertz CT molecular complexity index is 451. The van der Waals surface area contributed by atoms with Crippen LogP contribution in [-0.4, -0.2) is 17.0 Å². The summed E-state index contributed by atoms with van der Waals surface area (Å²) in [6, 6.07) is 2.45. The molecule has 1 aromatic rings. The molecule has 0 amide bonds. The molecule has 6 heteroatoms. The van der Waals surface area contributed by atoms with Gasteiger partial charge in [-0.15, -0.1) is 0 Å². The Morgan fingerprint density at radius 3 is 2.81 bits per heavy atom. The van der Waals surface area contributed by atoms with Gasteiger partial charge in [0.25, 0.3) is 0 Å². The van der Waals surface area contributed by atoms with Crippen LogP contribution < -0.4 is 5.32 Å². The Morgan fingerprint density at radius 1 is 1.44 bits per heavy atom. The van der Waals surface area contributed by atoms with Crippen LogP contribution in [0.3, 0.4) is 0 Å². The number of anilines is 1. The van der Waals surface area contributed by atoms with Crippen molar-refractivity contribution in [2.24, 2.45) is 4.99 Å². The molecule has 2 nitrogen and oxygen atoms in total. The van der Waals surface area contributed by atoms with E-state index in [0.717, 1.165) is 11.8 Å². The van der Waals surface area contributed by atoms with Gasteiger partial charge in [0.1, 0.15) is 11.6 Å². The lowest BCUT2D eigenvalue weighted by molar-refractivity contribution is 0.582. The third-order valence-corrected chi connectivity index (χ3v) is 3.79. The van der Waals surface area contributed by atoms with Crippen LogP contribution in [0.1, 0.15) is 6.92 Å². The number of hydrogen-bond donors (Lipinski definition) is 1. The van der Waals surface area contributed by atoms with Crippen molar-refractivity contribution in [2.75, 3.05) is 11.1 Å². The zero-order valence-electron chi connectivity index (χ0n) is 8.43. The molecule has 0 saturated carbocycles. The van der Waals surface area contributed by atoms with E-state index in [-0.39, 0.29) is 16.2 Å². The van der Waals surface area contributed by atoms with Gasteiger partial charge in [0.2, 0.25) is 0 Å². The zero-order valence-corrected chi connectivity index (χ0v) is 10.8. The molecule has 1 atom stereocenters. The summed E-state index contributed by atoms with van der Waals surface area (Å²) >= 11 is 4.54. The lowest BCUT2D eigenvalue weighted by Crippen LogP contribution is -2.07. The number of nitrogens with one attached hydrogen (secondary N) is 1. The van der Waals surface area contributed by atoms with Crippen molar-refractivity contribution in [1.82, 2.24) is 0 Å². The first-order valence-corrected chi connectivity index (χ1v) is 6.46. The van der Waals surface area contributed by atoms with Crippen LogP contribution in [0.4, 0.5) is 14.5 Å². The van der Waals surface area contributed by atoms with E-state index >= 15 is 0 Å². The summed E-state index contributed by atoms with van der Waals surface area (Å²) in [5, 5.41) is 3.52. The van der Waals surface area contributed by atoms with Crippen LogP contribution in [-0.2, 0) is 0 Å². The highest BCUT2D eigenvalue weighted by Gasteiger charge is 2.16. The van der Waals surface area contributed by atoms with Crippen LogP contribution in [0.5, 0.6) is 0 Å². The summed E-state index contributed by atoms with van der Waals surface area (Å²) in [7, 11) is 0. The number of hydrogen-bond acceptors (Lipinski definition) is 3. The summed E-state index contributed by atoms with van der Waals surface area (Å²) in [4.78, 5) is 4.27. The average molecular weight is 307 g/mol. The van der Waals surface area contributed by atoms with Gasteiger partial charge in [-0.05, 0) is 28.9 Å². The lowest BCUT2D eigenvalue weighted by Gasteiger charge is -2.07. The maximum Gasteiger partial charge on any atom is 0.161 e. The molecule has 1 unspecified atom stereocenters. The zero-order chi connectivity index (χ0) is 11.7. The summed E-state index contributed by atoms with van der Waals surface area (Å²) in [5.74, 6) is -0.354. The highest BCUT2D eigenvalue weighted by molar-refractivity contribution is 9.10. The Balaban J connectivity index is 2.22. The minimum absolute atomic E-state index is 0.230. The molecule has 1 heterocycles. The summed E-state index contributed by atoms with van der Waals surface area (Å²) < 4.78 is 26.6. The molecule has 1 aliphatic heterocycles. The van der Waals surface area contributed by atoms with Crippen molar-refractivity contribution in [3.63, 3.8) is 0 Å². The third-order valence-electron chi connectivity index (χ3n) is 2.05. The molecular formula is C10H9BrF2N2S. The number of nitrogens with zero attached hydrogens (tertiary/aromatic N) is 1. The van der Waals surface area contributed by atoms with Crippen LogP contribution in [0.15, 0.2) is 21.6 Å². The molecule has 1 aromatic carbocycles. The maximum atomic E-state index is 13.4. The Labute approximate surface area is 105 Å². The summed E-state index contributed by atoms with van der Waals surface area (Å²) in [6.07, 6.45) is 0. The molecule has 1 aliphatic rings. The van der Waals surface area contributed by atoms with E-state index in [1.807, 2.05) is 6.92 Å². The molecule has 0 fully saturated rings. The number of rotatable bonds is 1. The minimum atomic E-state index is -0.622. The van der Waals surface area contributed by atoms with Gasteiger partial charge in [-0.3, -0.25) is 4.99 Å². The quantitative estimate of drug-likeness (QED) is 0.801. The number of thioether (sulfide) groups is 1. The highest BCUT2D eigenvalue weighted by atomic mass is 79.9. The van der Waals surface area contributed by atoms with Gasteiger partial charge in [0, 0.05) is 11.8 Å². The largest absolute Gasteiger partial charge is 0.333 e. The highest BCUT2D eigenvalue weighted by Crippen LogP contribution is 2.26. The van der Waals surface area contributed by atoms with Crippen molar-refractivity contribution in [3.8, 4) is 0 Å². The van der Waals surface area contributed by atoms with E-state index in [0.29, 0.717) is 5.17 Å². The van der Waals surface area contributed by atoms with Gasteiger partial charge in [-0.2, -0.15) is 0 Å². The molecule has 0 aromatic heterocycles. The minimum Gasteiger partial charge on any atom is -0.333 e. The van der Waals surface area contributed by atoms with Crippen molar-refractivity contribution in [2.45, 2.75) is 13.0 Å². The van der Waals surface area contributed by atoms with E-state index in [4.69, 9.17) is 0 Å². The second-order valence-corrected chi connectivity index (χ2v) is 5.33. The SMILES string of the molecule is CC1CSC(Nc2cc(Br)c(F)cc2F)=N1. The van der Waals surface area contributed by atoms with Crippen LogP contribution in [0.2, 0.25) is 0 Å². The van der Waals surface area contributed by atoms with E-state index < -0.39 is 11.6 Å². The first-order chi connectivity index (χ1) is 7.56. The van der Waals surface area contributed by atoms with Crippen molar-refractivity contribution < 1.29 is 8.78 Å². The predicted octanol–water partition coefficient (Wildman–Crippen LogP) is 3.63. The van der Waals surface area contributed by atoms with Gasteiger partial charge >= 0.3 is 0 Å². The van der Waals surface area contributed by atoms with Crippen LogP contribution >= 0.6 is 27.7 Å². The van der Waals surface area contributed by atoms with Gasteiger partial charge in [-0.25, -0.2) is 8.78 Å². The van der Waals surface area contributed by atoms with Gasteiger partial charge in [0.15, 0.2) is 5.17 Å². The molecule has 0 saturated heterocycles. The van der Waals surface area contributed by atoms with Crippen molar-refractivity contribution in [1.29, 1.82) is 0 Å². The average Bonchev–Trinajstić information content (AvgIpc) is 2.60. The molecule has 0 radical (unpaired) electrons. The second-order valence-electron chi connectivity index (χ2n) is 3.47. The maximum absolute atomic E-state index is 13.4. The molecule has 86 valence electrons. The monoisotopic (exact) mass is 306 g/mol. The smallest absolute Gasteiger partial charge is 0.161 e. The first kappa shape index (κ1) is 11.9. The van der Waals surface area contributed by atoms with Gasteiger partial charge in [-0.1, -0.05) is 11.8 Å². The fourth-order valence-corrected chi connectivity index (χ4v) is 2.53. The summed E-state index contributed by atoms with van der Waals surface area (Å²) in [5.41, 5.74) is 0.230. The first-order valence-electron chi connectivity index (χ1n) is 4.68. The van der Waals surface area contributed by atoms with E-state index in [2.05, 4.69) is 26.2 Å². The number of halogens is 3. The number of benzene rings is 1. The van der Waals surface area contributed by atoms with Gasteiger partial charge < -0.3 is 5.32 Å². The Hall–Kier alpha value is -0.620. The van der Waals surface area contributed by atoms with E-state index in [1.165, 1.54) is 17.8 Å². The molecule has 2 rings (SSSR count). The Morgan fingerprint density at radius 2 is 2.19 bits per heavy atom. The molecule has 1 N–H and O–H groups in total. The number of amidine groups is 1. The standard InChI is InChI=1S/C10H9BrF2N2S/c1-5-4-16-10(14-5)15-9-2-6(11)7(12)3-8(9)13/h2-3,5H,4H2,1H3,(H,14,15). The predicted molar refractivity (Wildman–Crippen MR) is 67.0 cm³/mol. The molecular weight excluding hydrogens is 298 g/mol. The van der Waals surface area contributed by atoms with Crippen molar-refractivity contribution in [3.05, 3.63) is 28.2 Å². The van der Waals surface area contributed by atoms with E-state index in [9.17, 15) is 8.78 Å². The van der Waals surface area contributed by atoms with E-state index in [1.54, 1.807) is 0 Å². The second kappa shape index (κ2) is 4.71. The topological polar surface area (TPSA) is 24.4 Å². The van der Waals surface area contributed by atoms with Crippen LogP contribution in [0, 0.1) is 11.6 Å². The summed E-state index contributed by atoms with van der Waals surface area (Å²) in [6.45, 7) is 1.98. The fourth-order valence-electron chi connectivity index (χ4n) is 1.28. The van der Waals surface area contributed by atoms with Gasteiger partial charge in [0.05, 0.1) is 16.2 Å².